The zero-order chi connectivity index (χ0) is 30.2. The van der Waals surface area contributed by atoms with Crippen molar-refractivity contribution in [3.8, 4) is 0 Å². The van der Waals surface area contributed by atoms with Gasteiger partial charge in [-0.05, 0) is 83.5 Å². The number of primary amides is 1. The average molecular weight is 636 g/mol. The molecule has 240 valence electrons. The molecule has 9 nitrogen and oxygen atoms in total. The van der Waals surface area contributed by atoms with Crippen LogP contribution >= 0.6 is 23.4 Å². The summed E-state index contributed by atoms with van der Waals surface area (Å²) in [6, 6.07) is 0.837. The zero-order valence-electron chi connectivity index (χ0n) is 26.0. The molecule has 1 saturated carbocycles. The van der Waals surface area contributed by atoms with E-state index in [4.69, 9.17) is 31.8 Å². The van der Waals surface area contributed by atoms with Gasteiger partial charge in [-0.1, -0.05) is 0 Å². The van der Waals surface area contributed by atoms with Gasteiger partial charge >= 0.3 is 0 Å². The lowest BCUT2D eigenvalue weighted by Crippen LogP contribution is -2.58. The lowest BCUT2D eigenvalue weighted by atomic mass is 9.70. The fraction of sp³-hybridized carbons (Fsp3) is 0.844. The Kier molecular flexibility index (Phi) is 10.1. The number of nitrogens with one attached hydrogen (secondary N) is 1. The molecule has 11 heteroatoms. The fourth-order valence-corrected chi connectivity index (χ4v) is 11.0. The van der Waals surface area contributed by atoms with Gasteiger partial charge in [0.05, 0.1) is 37.0 Å². The number of carbonyl (C=O) groups excluding carboxylic acids is 1. The van der Waals surface area contributed by atoms with Gasteiger partial charge in [-0.15, -0.1) is 11.6 Å². The van der Waals surface area contributed by atoms with Crippen molar-refractivity contribution >= 4 is 29.3 Å². The van der Waals surface area contributed by atoms with E-state index in [-0.39, 0.29) is 34.9 Å². The molecule has 0 bridgehead atoms. The Bertz CT molecular complexity index is 1210. The van der Waals surface area contributed by atoms with Crippen LogP contribution in [0.5, 0.6) is 0 Å². The maximum absolute atomic E-state index is 13.8. The highest BCUT2D eigenvalue weighted by atomic mass is 35.5. The summed E-state index contributed by atoms with van der Waals surface area (Å²) in [5.41, 5.74) is 7.78. The summed E-state index contributed by atoms with van der Waals surface area (Å²) in [6.45, 7) is 7.22. The van der Waals surface area contributed by atoms with Gasteiger partial charge in [-0.2, -0.15) is 11.8 Å². The lowest BCUT2D eigenvalue weighted by molar-refractivity contribution is -0.122. The molecule has 0 radical (unpaired) electrons. The molecule has 6 rings (SSSR count). The molecule has 0 aromatic carbocycles. The molecule has 9 unspecified atom stereocenters. The molecule has 3 aliphatic heterocycles. The molecule has 0 spiro atoms. The molecule has 5 aliphatic rings. The lowest BCUT2D eigenvalue weighted by Gasteiger charge is -2.47. The summed E-state index contributed by atoms with van der Waals surface area (Å²) in [5.74, 6) is 1.98. The van der Waals surface area contributed by atoms with Crippen LogP contribution in [0.25, 0.3) is 0 Å². The number of hydrogen-bond acceptors (Lipinski definition) is 8. The number of likely N-dealkylation sites (tertiary alicyclic amines) is 1. The van der Waals surface area contributed by atoms with Crippen LogP contribution in [0, 0.1) is 24.7 Å². The number of hydrogen-bond donors (Lipinski definition) is 2. The van der Waals surface area contributed by atoms with Gasteiger partial charge in [0, 0.05) is 60.3 Å². The van der Waals surface area contributed by atoms with E-state index in [0.29, 0.717) is 48.4 Å². The monoisotopic (exact) mass is 635 g/mol. The maximum Gasteiger partial charge on any atom is 0.257 e. The minimum Gasteiger partial charge on any atom is -0.381 e. The third kappa shape index (κ3) is 6.70. The van der Waals surface area contributed by atoms with E-state index in [9.17, 15) is 9.59 Å². The maximum atomic E-state index is 13.8. The molecular weight excluding hydrogens is 586 g/mol. The van der Waals surface area contributed by atoms with Gasteiger partial charge < -0.3 is 20.5 Å². The predicted octanol–water partition coefficient (Wildman–Crippen LogP) is 2.90. The highest BCUT2D eigenvalue weighted by Gasteiger charge is 2.51. The molecule has 4 heterocycles. The molecule has 4 fully saturated rings. The quantitative estimate of drug-likeness (QED) is 0.420. The van der Waals surface area contributed by atoms with Crippen molar-refractivity contribution in [3.63, 3.8) is 0 Å². The molecule has 9 atom stereocenters. The first-order chi connectivity index (χ1) is 20.7. The normalized spacial score (nSPS) is 37.2. The number of carbonyl (C=O) groups is 1. The zero-order valence-corrected chi connectivity index (χ0v) is 27.6. The summed E-state index contributed by atoms with van der Waals surface area (Å²) < 4.78 is 14.1. The topological polar surface area (TPSA) is 112 Å². The van der Waals surface area contributed by atoms with E-state index in [0.717, 1.165) is 93.7 Å². The number of aromatic nitrogens is 2. The van der Waals surface area contributed by atoms with Crippen LogP contribution in [-0.4, -0.2) is 93.9 Å². The van der Waals surface area contributed by atoms with Crippen molar-refractivity contribution in [2.75, 3.05) is 32.6 Å². The van der Waals surface area contributed by atoms with Gasteiger partial charge in [-0.25, -0.2) is 4.98 Å². The van der Waals surface area contributed by atoms with Crippen LogP contribution in [0.3, 0.4) is 0 Å². The van der Waals surface area contributed by atoms with Gasteiger partial charge in [0.2, 0.25) is 5.91 Å². The third-order valence-corrected chi connectivity index (χ3v) is 13.1. The summed E-state index contributed by atoms with van der Waals surface area (Å²) >= 11 is 8.65. The predicted molar refractivity (Wildman–Crippen MR) is 171 cm³/mol. The van der Waals surface area contributed by atoms with Crippen LogP contribution in [0.15, 0.2) is 4.79 Å². The Morgan fingerprint density at radius 3 is 2.70 bits per heavy atom. The number of fused-ring (bicyclic) bond motifs is 2. The van der Waals surface area contributed by atoms with Crippen molar-refractivity contribution in [1.82, 2.24) is 19.8 Å². The number of ether oxygens (including phenoxy) is 2. The van der Waals surface area contributed by atoms with Gasteiger partial charge in [-0.3, -0.25) is 19.1 Å². The number of rotatable bonds is 8. The smallest absolute Gasteiger partial charge is 0.257 e. The van der Waals surface area contributed by atoms with Gasteiger partial charge in [0.25, 0.3) is 5.56 Å². The largest absolute Gasteiger partial charge is 0.381 e. The average Bonchev–Trinajstić information content (AvgIpc) is 3.43. The minimum absolute atomic E-state index is 0.0974. The number of methoxy groups -OCH3 is 1. The van der Waals surface area contributed by atoms with E-state index in [2.05, 4.69) is 17.1 Å². The first-order valence-corrected chi connectivity index (χ1v) is 18.0. The summed E-state index contributed by atoms with van der Waals surface area (Å²) in [7, 11) is 1.80. The Morgan fingerprint density at radius 2 is 1.95 bits per heavy atom. The number of thioether (sulfide) groups is 1. The first-order valence-electron chi connectivity index (χ1n) is 16.5. The van der Waals surface area contributed by atoms with E-state index < -0.39 is 0 Å². The van der Waals surface area contributed by atoms with Crippen LogP contribution in [0.2, 0.25) is 0 Å². The second-order valence-electron chi connectivity index (χ2n) is 13.7. The Morgan fingerprint density at radius 1 is 1.16 bits per heavy atom. The van der Waals surface area contributed by atoms with Crippen molar-refractivity contribution in [2.45, 2.75) is 119 Å². The van der Waals surface area contributed by atoms with Crippen LogP contribution in [0.4, 0.5) is 0 Å². The number of halogens is 1. The molecule has 2 aliphatic carbocycles. The van der Waals surface area contributed by atoms with Crippen molar-refractivity contribution in [1.29, 1.82) is 0 Å². The minimum atomic E-state index is -0.200. The molecule has 1 aromatic rings. The molecule has 1 aromatic heterocycles. The molecular formula is C32H50ClN5O4S. The number of nitrogens with zero attached hydrogens (tertiary/aromatic N) is 3. The fourth-order valence-electron chi connectivity index (χ4n) is 8.81. The van der Waals surface area contributed by atoms with E-state index in [1.807, 2.05) is 23.3 Å². The van der Waals surface area contributed by atoms with Crippen LogP contribution in [-0.2, 0) is 33.7 Å². The molecule has 3 saturated heterocycles. The number of alkyl halides is 1. The second-order valence-corrected chi connectivity index (χ2v) is 15.5. The third-order valence-electron chi connectivity index (χ3n) is 11.1. The highest BCUT2D eigenvalue weighted by molar-refractivity contribution is 8.00. The summed E-state index contributed by atoms with van der Waals surface area (Å²) in [6.07, 6.45) is 9.12. The first kappa shape index (κ1) is 31.8. The van der Waals surface area contributed by atoms with Crippen LogP contribution in [0.1, 0.15) is 69.0 Å². The molecule has 1 amide bonds. The Labute approximate surface area is 265 Å². The van der Waals surface area contributed by atoms with Crippen molar-refractivity contribution < 1.29 is 14.3 Å². The number of amides is 1. The van der Waals surface area contributed by atoms with Gasteiger partial charge in [0.15, 0.2) is 0 Å². The number of aryl methyl sites for hydroxylation is 2. The standard InChI is InChI=1S/C32H50ClN5O4S/c1-18-14-24(30-29(35-18)26(17-43-30)31(34)39)23-15-20(33)4-7-28(23)42-13-12-38-19(2)36-27-6-5-21(16-25(27)32(38)40)37-10-8-22(41-3)9-11-37/h18,20-24,26,28-30,35H,4-17H2,1-3H3,(H2,34,39). The SMILES string of the molecule is COC1CCN(C2CCc3nc(C)n(CCOC4CCC(Cl)CC4C4CC(C)NC5C(C(N)=O)CSC45)c(=O)c3C2)CC1. The highest BCUT2D eigenvalue weighted by Crippen LogP contribution is 2.48. The number of nitrogens with two attached hydrogens (primary N) is 1. The number of piperidine rings is 2. The summed E-state index contributed by atoms with van der Waals surface area (Å²) in [5, 5.41) is 4.18. The molecule has 3 N–H and O–H groups in total. The molecule has 43 heavy (non-hydrogen) atoms. The van der Waals surface area contributed by atoms with E-state index in [1.165, 1.54) is 0 Å². The Balaban J connectivity index is 1.12. The van der Waals surface area contributed by atoms with Crippen molar-refractivity contribution in [2.24, 2.45) is 23.5 Å². The second kappa shape index (κ2) is 13.7. The van der Waals surface area contributed by atoms with Crippen LogP contribution < -0.4 is 16.6 Å². The van der Waals surface area contributed by atoms with E-state index in [1.54, 1.807) is 7.11 Å². The summed E-state index contributed by atoms with van der Waals surface area (Å²) in [4.78, 5) is 33.5. The van der Waals surface area contributed by atoms with Crippen molar-refractivity contribution in [3.05, 3.63) is 27.4 Å². The Hall–Kier alpha value is -1.17. The van der Waals surface area contributed by atoms with E-state index >= 15 is 0 Å². The van der Waals surface area contributed by atoms with Gasteiger partial charge in [0.1, 0.15) is 5.82 Å².